The van der Waals surface area contributed by atoms with Crippen molar-refractivity contribution >= 4 is 82.2 Å². The molecule has 3 rings (SSSR count). The molecule has 25 nitrogen and oxygen atoms in total. The molecule has 1 aliphatic rings. The van der Waals surface area contributed by atoms with E-state index in [-0.39, 0.29) is 123 Å². The van der Waals surface area contributed by atoms with Gasteiger partial charge in [0.15, 0.2) is 0 Å². The fourth-order valence-electron chi connectivity index (χ4n) is 7.73. The summed E-state index contributed by atoms with van der Waals surface area (Å²) in [6.45, 7) is 0.227. The van der Waals surface area contributed by atoms with Gasteiger partial charge in [-0.05, 0) is 90.1 Å². The van der Waals surface area contributed by atoms with Crippen molar-refractivity contribution in [3.05, 3.63) is 68.8 Å². The molecule has 10 N–H and O–H groups in total. The number of amides is 4. The van der Waals surface area contributed by atoms with Crippen LogP contribution in [0.25, 0.3) is 0 Å². The molecule has 0 saturated carbocycles. The van der Waals surface area contributed by atoms with Gasteiger partial charge in [0, 0.05) is 94.0 Å². The molecule has 2 aromatic rings. The van der Waals surface area contributed by atoms with E-state index in [0.29, 0.717) is 17.5 Å². The van der Waals surface area contributed by atoms with E-state index in [1.807, 2.05) is 24.3 Å². The molecule has 1 fully saturated rings. The number of carboxylic acids is 7. The Labute approximate surface area is 428 Å². The number of unbranched alkanes of at least 4 members (excludes halogenated alkanes) is 1. The lowest BCUT2D eigenvalue weighted by Crippen LogP contribution is -2.52. The van der Waals surface area contributed by atoms with Crippen LogP contribution in [0.4, 0.5) is 4.79 Å². The Balaban J connectivity index is 1.64. The minimum absolute atomic E-state index is 0.0322. The maximum Gasteiger partial charge on any atom is 0.326 e. The van der Waals surface area contributed by atoms with Crippen molar-refractivity contribution in [3.8, 4) is 0 Å². The number of nitrogens with one attached hydrogen (secondary N) is 3. The number of benzene rings is 2. The molecule has 1 aliphatic heterocycles. The lowest BCUT2D eigenvalue weighted by atomic mass is 10.1. The SMILES string of the molecule is O=C(O)CC[C@@H](NC(=O)N[C@H](CCCCN(Cc1ccc(I)cc1)C(=O)c1ccc(CNC(=O)CCC(C(=O)O)N2CCN(CC(=O)O)CCN(CC(=O)O)CCN(CC(=O)O)CC2)cc1)C(=O)O)C(=O)O. The fraction of sp³-hybridized carbons (Fsp3) is 0.522. The average Bonchev–Trinajstić information content (AvgIpc) is 3.30. The number of nitrogens with zero attached hydrogens (tertiary/aromatic N) is 5. The average molecular weight is 1130 g/mol. The molecule has 2 aromatic carbocycles. The third kappa shape index (κ3) is 23.2. The van der Waals surface area contributed by atoms with Crippen LogP contribution in [0.2, 0.25) is 0 Å². The molecular formula is C46H63IN8O17. The van der Waals surface area contributed by atoms with Gasteiger partial charge in [0.1, 0.15) is 18.1 Å². The Bertz CT molecular complexity index is 2150. The summed E-state index contributed by atoms with van der Waals surface area (Å²) in [7, 11) is 0. The van der Waals surface area contributed by atoms with Gasteiger partial charge in [-0.2, -0.15) is 0 Å². The molecule has 1 saturated heterocycles. The molecule has 0 radical (unpaired) electrons. The van der Waals surface area contributed by atoms with E-state index in [1.54, 1.807) is 48.8 Å². The molecule has 0 aliphatic carbocycles. The highest BCUT2D eigenvalue weighted by Crippen LogP contribution is 2.17. The molecule has 396 valence electrons. The van der Waals surface area contributed by atoms with E-state index in [0.717, 1.165) is 9.13 Å². The van der Waals surface area contributed by atoms with E-state index in [1.165, 1.54) is 0 Å². The number of hydrogen-bond donors (Lipinski definition) is 10. The van der Waals surface area contributed by atoms with E-state index in [9.17, 15) is 78.6 Å². The summed E-state index contributed by atoms with van der Waals surface area (Å²) in [5, 5.41) is 73.8. The molecule has 0 spiro atoms. The Kier molecular flexibility index (Phi) is 25.8. The van der Waals surface area contributed by atoms with Crippen LogP contribution < -0.4 is 16.0 Å². The lowest BCUT2D eigenvalue weighted by Gasteiger charge is -2.35. The first-order chi connectivity index (χ1) is 34.1. The number of carboxylic acid groups (broad SMARTS) is 7. The number of aliphatic carboxylic acids is 7. The first kappa shape index (κ1) is 59.8. The van der Waals surface area contributed by atoms with Crippen LogP contribution in [0.5, 0.6) is 0 Å². The van der Waals surface area contributed by atoms with Crippen LogP contribution in [-0.4, -0.2) is 217 Å². The monoisotopic (exact) mass is 1130 g/mol. The highest BCUT2D eigenvalue weighted by molar-refractivity contribution is 14.1. The van der Waals surface area contributed by atoms with E-state index in [2.05, 4.69) is 38.5 Å². The highest BCUT2D eigenvalue weighted by atomic mass is 127. The molecule has 26 heteroatoms. The van der Waals surface area contributed by atoms with Crippen molar-refractivity contribution in [2.75, 3.05) is 78.5 Å². The summed E-state index contributed by atoms with van der Waals surface area (Å²) in [6.07, 6.45) is -0.838. The second-order valence-electron chi connectivity index (χ2n) is 17.1. The molecule has 0 aromatic heterocycles. The largest absolute Gasteiger partial charge is 0.481 e. The number of hydrogen-bond acceptors (Lipinski definition) is 14. The summed E-state index contributed by atoms with van der Waals surface area (Å²) in [6, 6.07) is 8.65. The van der Waals surface area contributed by atoms with Gasteiger partial charge in [-0.25, -0.2) is 14.4 Å². The number of carbonyl (C=O) groups excluding carboxylic acids is 3. The third-order valence-corrected chi connectivity index (χ3v) is 12.3. The zero-order valence-electron chi connectivity index (χ0n) is 39.5. The van der Waals surface area contributed by atoms with Crippen molar-refractivity contribution in [2.45, 2.75) is 76.2 Å². The smallest absolute Gasteiger partial charge is 0.326 e. The Hall–Kier alpha value is -6.49. The second-order valence-corrected chi connectivity index (χ2v) is 18.3. The van der Waals surface area contributed by atoms with Gasteiger partial charge in [-0.3, -0.25) is 53.2 Å². The van der Waals surface area contributed by atoms with Crippen molar-refractivity contribution in [2.24, 2.45) is 0 Å². The Morgan fingerprint density at radius 1 is 0.542 bits per heavy atom. The summed E-state index contributed by atoms with van der Waals surface area (Å²) in [5.74, 6) is -9.57. The Morgan fingerprint density at radius 2 is 1.01 bits per heavy atom. The van der Waals surface area contributed by atoms with E-state index < -0.39 is 84.7 Å². The van der Waals surface area contributed by atoms with Crippen LogP contribution in [0.3, 0.4) is 0 Å². The first-order valence-corrected chi connectivity index (χ1v) is 24.1. The van der Waals surface area contributed by atoms with Crippen LogP contribution in [-0.2, 0) is 51.4 Å². The Morgan fingerprint density at radius 3 is 1.47 bits per heavy atom. The molecule has 1 heterocycles. The van der Waals surface area contributed by atoms with Crippen molar-refractivity contribution in [1.82, 2.24) is 40.4 Å². The minimum Gasteiger partial charge on any atom is -0.481 e. The third-order valence-electron chi connectivity index (χ3n) is 11.6. The van der Waals surface area contributed by atoms with Gasteiger partial charge >= 0.3 is 47.8 Å². The summed E-state index contributed by atoms with van der Waals surface area (Å²) in [4.78, 5) is 129. The van der Waals surface area contributed by atoms with Crippen LogP contribution >= 0.6 is 22.6 Å². The number of carbonyl (C=O) groups is 10. The van der Waals surface area contributed by atoms with Crippen LogP contribution in [0.1, 0.15) is 66.4 Å². The van der Waals surface area contributed by atoms with Gasteiger partial charge < -0.3 is 56.6 Å². The van der Waals surface area contributed by atoms with E-state index in [4.69, 9.17) is 5.11 Å². The highest BCUT2D eigenvalue weighted by Gasteiger charge is 2.29. The van der Waals surface area contributed by atoms with Crippen molar-refractivity contribution < 1.29 is 83.7 Å². The van der Waals surface area contributed by atoms with Gasteiger partial charge in [-0.1, -0.05) is 24.3 Å². The first-order valence-electron chi connectivity index (χ1n) is 23.0. The predicted octanol–water partition coefficient (Wildman–Crippen LogP) is 0.499. The summed E-state index contributed by atoms with van der Waals surface area (Å²) < 4.78 is 0.975. The zero-order valence-corrected chi connectivity index (χ0v) is 41.7. The molecule has 3 atom stereocenters. The quantitative estimate of drug-likeness (QED) is 0.0410. The number of rotatable bonds is 28. The molecule has 72 heavy (non-hydrogen) atoms. The normalized spacial score (nSPS) is 15.6. The van der Waals surface area contributed by atoms with Gasteiger partial charge in [0.2, 0.25) is 5.91 Å². The minimum atomic E-state index is -1.56. The van der Waals surface area contributed by atoms with Gasteiger partial charge in [0.05, 0.1) is 19.6 Å². The summed E-state index contributed by atoms with van der Waals surface area (Å²) >= 11 is 2.15. The topological polar surface area (TPSA) is 365 Å². The fourth-order valence-corrected chi connectivity index (χ4v) is 8.09. The zero-order chi connectivity index (χ0) is 53.3. The van der Waals surface area contributed by atoms with Gasteiger partial charge in [-0.15, -0.1) is 0 Å². The predicted molar refractivity (Wildman–Crippen MR) is 262 cm³/mol. The van der Waals surface area contributed by atoms with Crippen LogP contribution in [0, 0.1) is 3.57 Å². The molecular weight excluding hydrogens is 1060 g/mol. The van der Waals surface area contributed by atoms with Crippen LogP contribution in [0.15, 0.2) is 48.5 Å². The van der Waals surface area contributed by atoms with Gasteiger partial charge in [0.25, 0.3) is 5.91 Å². The number of halogens is 1. The molecule has 4 amide bonds. The maximum absolute atomic E-state index is 13.9. The van der Waals surface area contributed by atoms with Crippen molar-refractivity contribution in [3.63, 3.8) is 0 Å². The maximum atomic E-state index is 13.9. The van der Waals surface area contributed by atoms with Crippen molar-refractivity contribution in [1.29, 1.82) is 0 Å². The second kappa shape index (κ2) is 31.1. The number of urea groups is 1. The molecule has 0 bridgehead atoms. The molecule has 1 unspecified atom stereocenters. The van der Waals surface area contributed by atoms with E-state index >= 15 is 0 Å². The summed E-state index contributed by atoms with van der Waals surface area (Å²) in [5.41, 5.74) is 1.75. The standard InChI is InChI=1S/C46H63IN8O17/c47-33-10-6-31(7-11-33)26-55(16-2-1-3-34(43(66)67)49-46(72)50-35(44(68)69)12-15-38(57)58)42(65)32-8-4-30(5-9-32)25-48-37(56)14-13-36(45(70)71)54-23-21-52(28-40(61)62)19-17-51(27-39(59)60)18-20-53(22-24-54)29-41(63)64/h4-11,34-36H,1-3,12-29H2,(H,48,56)(H,57,58)(H,59,60)(H,61,62)(H,63,64)(H,66,67)(H,68,69)(H,70,71)(H2,49,50,72)/t34-,35-,36?/m1/s1. The lowest BCUT2D eigenvalue weighted by molar-refractivity contribution is -0.145.